The average molecular weight is 447 g/mol. The molecule has 0 amide bonds. The molecule has 0 aliphatic heterocycles. The van der Waals surface area contributed by atoms with Gasteiger partial charge in [0, 0.05) is 37.2 Å². The molecule has 3 N–H and O–H groups in total. The summed E-state index contributed by atoms with van der Waals surface area (Å²) in [6.45, 7) is 2.72. The van der Waals surface area contributed by atoms with Gasteiger partial charge in [-0.05, 0) is 57.2 Å². The molecule has 24 heavy (non-hydrogen) atoms. The van der Waals surface area contributed by atoms with Gasteiger partial charge in [0.15, 0.2) is 5.96 Å². The first-order valence-electron chi connectivity index (χ1n) is 7.95. The molecule has 2 aromatic rings. The quantitative estimate of drug-likeness (QED) is 0.265. The molecule has 0 spiro atoms. The molecule has 0 aliphatic carbocycles. The summed E-state index contributed by atoms with van der Waals surface area (Å²) in [5.74, 6) is 0.598. The lowest BCUT2D eigenvalue weighted by molar-refractivity contribution is 0.399. The number of benzene rings is 1. The second-order valence-corrected chi connectivity index (χ2v) is 5.84. The third-order valence-electron chi connectivity index (χ3n) is 3.71. The van der Waals surface area contributed by atoms with Crippen molar-refractivity contribution in [1.29, 1.82) is 0 Å². The average Bonchev–Trinajstić information content (AvgIpc) is 2.91. The van der Waals surface area contributed by atoms with Crippen molar-refractivity contribution in [3.8, 4) is 0 Å². The van der Waals surface area contributed by atoms with E-state index in [0.717, 1.165) is 49.3 Å². The fourth-order valence-electron chi connectivity index (χ4n) is 2.50. The molecule has 134 valence electrons. The first-order valence-corrected chi connectivity index (χ1v) is 7.95. The number of aromatic nitrogens is 1. The molecule has 0 radical (unpaired) electrons. The molecular formula is C17H27FIN5. The molecule has 1 aromatic carbocycles. The van der Waals surface area contributed by atoms with E-state index < -0.39 is 0 Å². The van der Waals surface area contributed by atoms with Gasteiger partial charge in [0.25, 0.3) is 0 Å². The van der Waals surface area contributed by atoms with E-state index in [1.807, 2.05) is 12.3 Å². The summed E-state index contributed by atoms with van der Waals surface area (Å²) in [4.78, 5) is 9.50. The van der Waals surface area contributed by atoms with E-state index in [0.29, 0.717) is 0 Å². The third kappa shape index (κ3) is 6.27. The van der Waals surface area contributed by atoms with E-state index >= 15 is 0 Å². The number of hydrogen-bond acceptors (Lipinski definition) is 2. The Morgan fingerprint density at radius 2 is 2.00 bits per heavy atom. The zero-order valence-electron chi connectivity index (χ0n) is 14.5. The Morgan fingerprint density at radius 1 is 1.25 bits per heavy atom. The maximum absolute atomic E-state index is 13.2. The number of nitrogens with one attached hydrogen (secondary N) is 3. The Kier molecular flexibility index (Phi) is 9.05. The Balaban J connectivity index is 0.00000288. The van der Waals surface area contributed by atoms with Gasteiger partial charge in [0.1, 0.15) is 5.82 Å². The molecular weight excluding hydrogens is 420 g/mol. The van der Waals surface area contributed by atoms with Crippen molar-refractivity contribution in [2.45, 2.75) is 12.8 Å². The van der Waals surface area contributed by atoms with Crippen LogP contribution in [0.4, 0.5) is 4.39 Å². The number of rotatable bonds is 7. The van der Waals surface area contributed by atoms with Crippen LogP contribution in [0.1, 0.15) is 12.0 Å². The summed E-state index contributed by atoms with van der Waals surface area (Å²) in [6, 6.07) is 4.85. The van der Waals surface area contributed by atoms with Gasteiger partial charge in [-0.1, -0.05) is 0 Å². The highest BCUT2D eigenvalue weighted by atomic mass is 127. The van der Waals surface area contributed by atoms with Crippen LogP contribution in [0.5, 0.6) is 0 Å². The van der Waals surface area contributed by atoms with Crippen LogP contribution in [0.3, 0.4) is 0 Å². The summed E-state index contributed by atoms with van der Waals surface area (Å²) in [5, 5.41) is 7.68. The zero-order chi connectivity index (χ0) is 16.7. The smallest absolute Gasteiger partial charge is 0.190 e. The number of aromatic amines is 1. The summed E-state index contributed by atoms with van der Waals surface area (Å²) >= 11 is 0. The third-order valence-corrected chi connectivity index (χ3v) is 3.71. The largest absolute Gasteiger partial charge is 0.361 e. The highest BCUT2D eigenvalue weighted by molar-refractivity contribution is 14.0. The van der Waals surface area contributed by atoms with E-state index in [1.165, 1.54) is 17.7 Å². The molecule has 0 bridgehead atoms. The van der Waals surface area contributed by atoms with Gasteiger partial charge in [0.2, 0.25) is 0 Å². The van der Waals surface area contributed by atoms with Gasteiger partial charge in [-0.25, -0.2) is 4.39 Å². The minimum Gasteiger partial charge on any atom is -0.361 e. The molecule has 0 fully saturated rings. The van der Waals surface area contributed by atoms with E-state index in [9.17, 15) is 4.39 Å². The SMILES string of the molecule is CN=C(NCCCN(C)C)NCCc1c[nH]c2cc(F)ccc12.I. The van der Waals surface area contributed by atoms with Gasteiger partial charge < -0.3 is 20.5 Å². The first kappa shape index (κ1) is 20.7. The monoisotopic (exact) mass is 447 g/mol. The van der Waals surface area contributed by atoms with Crippen molar-refractivity contribution in [1.82, 2.24) is 20.5 Å². The van der Waals surface area contributed by atoms with Gasteiger partial charge in [-0.3, -0.25) is 4.99 Å². The topological polar surface area (TPSA) is 55.5 Å². The Hall–Kier alpha value is -1.35. The van der Waals surface area contributed by atoms with E-state index in [-0.39, 0.29) is 29.8 Å². The van der Waals surface area contributed by atoms with Crippen molar-refractivity contribution in [2.75, 3.05) is 40.8 Å². The van der Waals surface area contributed by atoms with Crippen molar-refractivity contribution in [2.24, 2.45) is 4.99 Å². The van der Waals surface area contributed by atoms with Gasteiger partial charge >= 0.3 is 0 Å². The molecule has 1 aromatic heterocycles. The number of guanidine groups is 1. The second kappa shape index (κ2) is 10.5. The first-order chi connectivity index (χ1) is 11.1. The van der Waals surface area contributed by atoms with Crippen LogP contribution >= 0.6 is 24.0 Å². The summed E-state index contributed by atoms with van der Waals surface area (Å²) < 4.78 is 13.2. The Labute approximate surface area is 160 Å². The number of hydrogen-bond donors (Lipinski definition) is 3. The van der Waals surface area contributed by atoms with Crippen LogP contribution in [0, 0.1) is 5.82 Å². The van der Waals surface area contributed by atoms with Crippen LogP contribution < -0.4 is 10.6 Å². The van der Waals surface area contributed by atoms with Crippen molar-refractivity contribution < 1.29 is 4.39 Å². The molecule has 0 aliphatic rings. The highest BCUT2D eigenvalue weighted by Crippen LogP contribution is 2.19. The van der Waals surface area contributed by atoms with Crippen molar-refractivity contribution in [3.63, 3.8) is 0 Å². The number of aliphatic imine (C=N–C) groups is 1. The van der Waals surface area contributed by atoms with Crippen LogP contribution in [0.15, 0.2) is 29.4 Å². The maximum atomic E-state index is 13.2. The maximum Gasteiger partial charge on any atom is 0.190 e. The van der Waals surface area contributed by atoms with Gasteiger partial charge in [-0.15, -0.1) is 24.0 Å². The zero-order valence-corrected chi connectivity index (χ0v) is 16.9. The minimum atomic E-state index is -0.216. The van der Waals surface area contributed by atoms with Crippen molar-refractivity contribution in [3.05, 3.63) is 35.8 Å². The van der Waals surface area contributed by atoms with Gasteiger partial charge in [0.05, 0.1) is 0 Å². The standard InChI is InChI=1S/C17H26FN5.HI/c1-19-17(20-8-4-10-23(2)3)21-9-7-13-12-22-16-11-14(18)5-6-15(13)16;/h5-6,11-12,22H,4,7-10H2,1-3H3,(H2,19,20,21);1H. The van der Waals surface area contributed by atoms with E-state index in [1.54, 1.807) is 7.05 Å². The summed E-state index contributed by atoms with van der Waals surface area (Å²) in [5.41, 5.74) is 2.02. The molecule has 2 rings (SSSR count). The molecule has 5 nitrogen and oxygen atoms in total. The van der Waals surface area contributed by atoms with E-state index in [2.05, 4.69) is 39.6 Å². The molecule has 7 heteroatoms. The lowest BCUT2D eigenvalue weighted by Crippen LogP contribution is -2.39. The summed E-state index contributed by atoms with van der Waals surface area (Å²) in [6.07, 6.45) is 3.87. The Morgan fingerprint density at radius 3 is 2.71 bits per heavy atom. The molecule has 1 heterocycles. The number of halogens is 2. The van der Waals surface area contributed by atoms with Crippen molar-refractivity contribution >= 4 is 40.8 Å². The normalized spacial score (nSPS) is 11.6. The summed E-state index contributed by atoms with van der Waals surface area (Å²) in [7, 11) is 5.91. The van der Waals surface area contributed by atoms with E-state index in [4.69, 9.17) is 0 Å². The number of nitrogens with zero attached hydrogens (tertiary/aromatic N) is 2. The molecule has 0 saturated heterocycles. The number of H-pyrrole nitrogens is 1. The fraction of sp³-hybridized carbons (Fsp3) is 0.471. The number of fused-ring (bicyclic) bond motifs is 1. The molecule has 0 saturated carbocycles. The Bertz CT molecular complexity index is 653. The predicted octanol–water partition coefficient (Wildman–Crippen LogP) is 2.58. The fourth-order valence-corrected chi connectivity index (χ4v) is 2.50. The van der Waals surface area contributed by atoms with Crippen LogP contribution in [0.25, 0.3) is 10.9 Å². The van der Waals surface area contributed by atoms with Crippen LogP contribution in [-0.2, 0) is 6.42 Å². The lowest BCUT2D eigenvalue weighted by atomic mass is 10.1. The second-order valence-electron chi connectivity index (χ2n) is 5.84. The molecule has 0 atom stereocenters. The predicted molar refractivity (Wildman–Crippen MR) is 110 cm³/mol. The van der Waals surface area contributed by atoms with Crippen LogP contribution in [-0.4, -0.2) is 56.6 Å². The lowest BCUT2D eigenvalue weighted by Gasteiger charge is -2.13. The molecule has 0 unspecified atom stereocenters. The van der Waals surface area contributed by atoms with Crippen LogP contribution in [0.2, 0.25) is 0 Å². The highest BCUT2D eigenvalue weighted by Gasteiger charge is 2.05. The minimum absolute atomic E-state index is 0. The van der Waals surface area contributed by atoms with Gasteiger partial charge in [-0.2, -0.15) is 0 Å².